The number of fused-ring (bicyclic) bond motifs is 1. The average Bonchev–Trinajstić information content (AvgIpc) is 3.57. The Morgan fingerprint density at radius 2 is 1.91 bits per heavy atom. The van der Waals surface area contributed by atoms with Crippen molar-refractivity contribution >= 4 is 23.1 Å². The van der Waals surface area contributed by atoms with Gasteiger partial charge in [-0.1, -0.05) is 10.3 Å². The van der Waals surface area contributed by atoms with Crippen LogP contribution in [-0.2, 0) is 24.7 Å². The van der Waals surface area contributed by atoms with Gasteiger partial charge < -0.3 is 14.4 Å². The van der Waals surface area contributed by atoms with Crippen LogP contribution in [0.5, 0.6) is 0 Å². The lowest BCUT2D eigenvalue weighted by molar-refractivity contribution is -0.118. The van der Waals surface area contributed by atoms with E-state index in [0.29, 0.717) is 42.4 Å². The third-order valence-electron chi connectivity index (χ3n) is 5.35. The molecular weight excluding hydrogens is 436 g/mol. The number of nitrogens with zero attached hydrogens (tertiary/aromatic N) is 7. The molecular formula is C23H24N8O3. The highest BCUT2D eigenvalue weighted by molar-refractivity contribution is 5.80. The summed E-state index contributed by atoms with van der Waals surface area (Å²) in [4.78, 5) is 21.7. The van der Waals surface area contributed by atoms with Crippen LogP contribution in [0, 0.1) is 13.8 Å². The Balaban J connectivity index is 1.39. The fourth-order valence-electron chi connectivity index (χ4n) is 3.80. The van der Waals surface area contributed by atoms with Gasteiger partial charge in [-0.15, -0.1) is 0 Å². The minimum absolute atomic E-state index is 0.103. The van der Waals surface area contributed by atoms with Gasteiger partial charge in [-0.25, -0.2) is 9.97 Å². The van der Waals surface area contributed by atoms with Gasteiger partial charge in [0.15, 0.2) is 11.5 Å². The predicted molar refractivity (Wildman–Crippen MR) is 123 cm³/mol. The standard InChI is InChI=1S/C23H24N8O3/c1-14-7-19(33-28-14)9-18(32)6-4-5-17-13-31-20(16-10-25-30(3)12-16)11-24-23(31)22(26-17)27-21-8-15(2)29-34-21/h7-8,10-13H,4-6,9H2,1-3H3,(H,26,27). The van der Waals surface area contributed by atoms with Gasteiger partial charge in [-0.3, -0.25) is 13.9 Å². The molecule has 5 rings (SSSR count). The summed E-state index contributed by atoms with van der Waals surface area (Å²) in [5, 5.41) is 15.2. The molecule has 0 atom stereocenters. The lowest BCUT2D eigenvalue weighted by atomic mass is 10.1. The molecule has 0 spiro atoms. The van der Waals surface area contributed by atoms with Gasteiger partial charge in [0.25, 0.3) is 0 Å². The monoisotopic (exact) mass is 460 g/mol. The number of anilines is 2. The zero-order chi connectivity index (χ0) is 23.7. The second-order valence-electron chi connectivity index (χ2n) is 8.28. The van der Waals surface area contributed by atoms with Crippen molar-refractivity contribution in [2.24, 2.45) is 7.05 Å². The summed E-state index contributed by atoms with van der Waals surface area (Å²) in [6, 6.07) is 3.58. The first-order chi connectivity index (χ1) is 16.4. The number of rotatable bonds is 9. The van der Waals surface area contributed by atoms with E-state index < -0.39 is 0 Å². The normalized spacial score (nSPS) is 11.4. The number of aryl methyl sites for hydroxylation is 4. The molecule has 0 aliphatic heterocycles. The Hall–Kier alpha value is -4.28. The van der Waals surface area contributed by atoms with Crippen molar-refractivity contribution in [1.29, 1.82) is 0 Å². The highest BCUT2D eigenvalue weighted by atomic mass is 16.5. The number of hydrogen-bond donors (Lipinski definition) is 1. The van der Waals surface area contributed by atoms with E-state index in [-0.39, 0.29) is 12.2 Å². The quantitative estimate of drug-likeness (QED) is 0.351. The molecule has 0 radical (unpaired) electrons. The van der Waals surface area contributed by atoms with Crippen molar-refractivity contribution in [3.05, 3.63) is 59.8 Å². The van der Waals surface area contributed by atoms with E-state index in [2.05, 4.69) is 25.7 Å². The molecule has 1 N–H and O–H groups in total. The van der Waals surface area contributed by atoms with E-state index in [1.807, 2.05) is 37.7 Å². The number of aromatic nitrogens is 7. The summed E-state index contributed by atoms with van der Waals surface area (Å²) < 4.78 is 14.2. The van der Waals surface area contributed by atoms with Crippen molar-refractivity contribution < 1.29 is 13.8 Å². The summed E-state index contributed by atoms with van der Waals surface area (Å²) in [5.41, 5.74) is 4.82. The average molecular weight is 460 g/mol. The fraction of sp³-hybridized carbons (Fsp3) is 0.304. The Labute approximate surface area is 194 Å². The van der Waals surface area contributed by atoms with Gasteiger partial charge in [0.2, 0.25) is 5.88 Å². The molecule has 0 amide bonds. The Morgan fingerprint density at radius 1 is 1.09 bits per heavy atom. The van der Waals surface area contributed by atoms with Crippen LogP contribution in [-0.4, -0.2) is 40.2 Å². The summed E-state index contributed by atoms with van der Waals surface area (Å²) in [7, 11) is 1.87. The SMILES string of the molecule is Cc1cc(CC(=O)CCCc2cn3c(-c4cnn(C)c4)cnc3c(Nc3cc(C)no3)n2)on1. The molecule has 174 valence electrons. The lowest BCUT2D eigenvalue weighted by Crippen LogP contribution is -2.05. The van der Waals surface area contributed by atoms with Crippen molar-refractivity contribution in [3.8, 4) is 11.3 Å². The lowest BCUT2D eigenvalue weighted by Gasteiger charge is -2.09. The fourth-order valence-corrected chi connectivity index (χ4v) is 3.80. The third-order valence-corrected chi connectivity index (χ3v) is 5.35. The maximum Gasteiger partial charge on any atom is 0.230 e. The van der Waals surface area contributed by atoms with Gasteiger partial charge in [0.05, 0.1) is 41.6 Å². The van der Waals surface area contributed by atoms with E-state index in [9.17, 15) is 4.79 Å². The first kappa shape index (κ1) is 21.6. The maximum atomic E-state index is 12.4. The highest BCUT2D eigenvalue weighted by Gasteiger charge is 2.16. The number of imidazole rings is 1. The highest BCUT2D eigenvalue weighted by Crippen LogP contribution is 2.26. The summed E-state index contributed by atoms with van der Waals surface area (Å²) in [6.45, 7) is 3.68. The molecule has 0 fully saturated rings. The molecule has 0 saturated carbocycles. The molecule has 0 aliphatic carbocycles. The van der Waals surface area contributed by atoms with E-state index in [1.165, 1.54) is 0 Å². The van der Waals surface area contributed by atoms with E-state index in [4.69, 9.17) is 14.0 Å². The molecule has 11 heteroatoms. The smallest absolute Gasteiger partial charge is 0.230 e. The molecule has 0 saturated heterocycles. The first-order valence-electron chi connectivity index (χ1n) is 10.9. The van der Waals surface area contributed by atoms with Crippen molar-refractivity contribution in [2.45, 2.75) is 39.5 Å². The Kier molecular flexibility index (Phi) is 5.66. The van der Waals surface area contributed by atoms with Crippen LogP contribution in [0.15, 0.2) is 46.0 Å². The maximum absolute atomic E-state index is 12.4. The van der Waals surface area contributed by atoms with Crippen molar-refractivity contribution in [3.63, 3.8) is 0 Å². The number of ketones is 1. The third kappa shape index (κ3) is 4.58. The topological polar surface area (TPSA) is 129 Å². The first-order valence-corrected chi connectivity index (χ1v) is 10.9. The molecule has 5 aromatic rings. The second-order valence-corrected chi connectivity index (χ2v) is 8.28. The van der Waals surface area contributed by atoms with Gasteiger partial charge in [-0.2, -0.15) is 5.10 Å². The van der Waals surface area contributed by atoms with Crippen LogP contribution < -0.4 is 5.32 Å². The van der Waals surface area contributed by atoms with E-state index in [0.717, 1.165) is 28.3 Å². The number of Topliss-reactive ketones (excluding diaryl/α,β-unsaturated/α-hetero) is 1. The molecule has 0 aliphatic rings. The van der Waals surface area contributed by atoms with Crippen LogP contribution in [0.25, 0.3) is 16.9 Å². The molecule has 0 bridgehead atoms. The van der Waals surface area contributed by atoms with Gasteiger partial charge >= 0.3 is 0 Å². The van der Waals surface area contributed by atoms with Crippen molar-refractivity contribution in [1.82, 2.24) is 34.5 Å². The zero-order valence-electron chi connectivity index (χ0n) is 19.1. The molecule has 0 unspecified atom stereocenters. The molecule has 34 heavy (non-hydrogen) atoms. The minimum atomic E-state index is 0.103. The zero-order valence-corrected chi connectivity index (χ0v) is 19.1. The Morgan fingerprint density at radius 3 is 2.62 bits per heavy atom. The Bertz CT molecular complexity index is 1460. The van der Waals surface area contributed by atoms with Crippen LogP contribution in [0.1, 0.15) is 35.7 Å². The molecule has 5 aromatic heterocycles. The number of carbonyl (C=O) groups excluding carboxylic acids is 1. The van der Waals surface area contributed by atoms with Crippen LogP contribution in [0.3, 0.4) is 0 Å². The second kappa shape index (κ2) is 8.93. The molecule has 0 aromatic carbocycles. The molecule has 5 heterocycles. The van der Waals surface area contributed by atoms with Gasteiger partial charge in [-0.05, 0) is 26.7 Å². The molecule has 11 nitrogen and oxygen atoms in total. The van der Waals surface area contributed by atoms with Gasteiger partial charge in [0.1, 0.15) is 11.5 Å². The summed E-state index contributed by atoms with van der Waals surface area (Å²) in [5.74, 6) is 1.72. The van der Waals surface area contributed by atoms with Crippen LogP contribution in [0.4, 0.5) is 11.7 Å². The largest absolute Gasteiger partial charge is 0.361 e. The number of nitrogens with one attached hydrogen (secondary N) is 1. The minimum Gasteiger partial charge on any atom is -0.361 e. The van der Waals surface area contributed by atoms with Crippen molar-refractivity contribution in [2.75, 3.05) is 5.32 Å². The number of hydrogen-bond acceptors (Lipinski definition) is 9. The van der Waals surface area contributed by atoms with Gasteiger partial charge in [0, 0.05) is 43.6 Å². The summed E-state index contributed by atoms with van der Waals surface area (Å²) >= 11 is 0. The number of carbonyl (C=O) groups is 1. The predicted octanol–water partition coefficient (Wildman–Crippen LogP) is 3.60. The van der Waals surface area contributed by atoms with Crippen LogP contribution >= 0.6 is 0 Å². The summed E-state index contributed by atoms with van der Waals surface area (Å²) in [6.07, 6.45) is 9.40. The van der Waals surface area contributed by atoms with Crippen LogP contribution in [0.2, 0.25) is 0 Å². The van der Waals surface area contributed by atoms with E-state index >= 15 is 0 Å². The van der Waals surface area contributed by atoms with E-state index in [1.54, 1.807) is 29.2 Å².